The van der Waals surface area contributed by atoms with Crippen molar-refractivity contribution in [2.75, 3.05) is 32.5 Å². The number of carbonyl (C=O) groups is 2. The molecule has 2 unspecified atom stereocenters. The molecule has 1 saturated heterocycles. The lowest BCUT2D eigenvalue weighted by Crippen LogP contribution is -2.41. The van der Waals surface area contributed by atoms with Crippen molar-refractivity contribution in [1.29, 1.82) is 0 Å². The number of halogens is 2. The van der Waals surface area contributed by atoms with Gasteiger partial charge in [-0.3, -0.25) is 9.69 Å². The number of benzene rings is 2. The number of nitrogens with zero attached hydrogens (tertiary/aromatic N) is 1. The van der Waals surface area contributed by atoms with Crippen LogP contribution in [-0.4, -0.2) is 49.7 Å². The van der Waals surface area contributed by atoms with Crippen LogP contribution in [-0.2, 0) is 4.74 Å². The number of anilines is 1. The average molecular weight is 507 g/mol. The number of nitrogens with two attached hydrogens (primary N) is 2. The Hall–Kier alpha value is -3.04. The molecule has 3 rings (SSSR count). The van der Waals surface area contributed by atoms with E-state index in [4.69, 9.17) is 32.5 Å². The molecule has 1 aliphatic heterocycles. The average Bonchev–Trinajstić information content (AvgIpc) is 2.83. The largest absolute Gasteiger partial charge is 0.496 e. The van der Waals surface area contributed by atoms with Crippen molar-refractivity contribution in [2.45, 2.75) is 38.3 Å². The highest BCUT2D eigenvalue weighted by Crippen LogP contribution is 2.32. The van der Waals surface area contributed by atoms with Crippen molar-refractivity contribution < 1.29 is 23.5 Å². The van der Waals surface area contributed by atoms with Gasteiger partial charge in [-0.25, -0.2) is 9.18 Å². The summed E-state index contributed by atoms with van der Waals surface area (Å²) in [6.07, 6.45) is 1.06. The molecule has 2 aromatic carbocycles. The molecule has 2 aromatic rings. The van der Waals surface area contributed by atoms with Crippen molar-refractivity contribution in [3.63, 3.8) is 0 Å². The molecule has 1 aliphatic rings. The van der Waals surface area contributed by atoms with Crippen molar-refractivity contribution in [2.24, 2.45) is 11.7 Å². The maximum Gasteiger partial charge on any atom is 0.404 e. The minimum Gasteiger partial charge on any atom is -0.496 e. The first-order valence-corrected chi connectivity index (χ1v) is 11.9. The lowest BCUT2D eigenvalue weighted by molar-refractivity contribution is 0.0656. The fourth-order valence-corrected chi connectivity index (χ4v) is 4.62. The number of nitrogen functional groups attached to an aromatic ring is 1. The molecule has 0 radical (unpaired) electrons. The molecule has 2 atom stereocenters. The molecule has 35 heavy (non-hydrogen) atoms. The summed E-state index contributed by atoms with van der Waals surface area (Å²) in [7, 11) is 1.47. The second kappa shape index (κ2) is 12.1. The summed E-state index contributed by atoms with van der Waals surface area (Å²) in [6.45, 7) is 3.87. The fraction of sp³-hybridized carbons (Fsp3) is 0.440. The van der Waals surface area contributed by atoms with Gasteiger partial charge in [0.2, 0.25) is 0 Å². The molecule has 1 fully saturated rings. The van der Waals surface area contributed by atoms with Gasteiger partial charge in [-0.2, -0.15) is 0 Å². The number of primary amides is 1. The molecule has 0 aromatic heterocycles. The SMILES string of the molecule is COc1cc(N)c(Cl)cc1C(=O)NCC1CCN(C(CC(C)OC(N)=O)c2ccc(F)cc2)CC1. The number of amides is 2. The monoisotopic (exact) mass is 506 g/mol. The van der Waals surface area contributed by atoms with Crippen LogP contribution in [0.5, 0.6) is 5.75 Å². The van der Waals surface area contributed by atoms with E-state index in [-0.39, 0.29) is 23.9 Å². The van der Waals surface area contributed by atoms with Crippen LogP contribution in [0.1, 0.15) is 48.1 Å². The van der Waals surface area contributed by atoms with Crippen LogP contribution in [0.25, 0.3) is 0 Å². The van der Waals surface area contributed by atoms with Gasteiger partial charge in [0.05, 0.1) is 23.4 Å². The predicted molar refractivity (Wildman–Crippen MR) is 133 cm³/mol. The zero-order chi connectivity index (χ0) is 25.5. The van der Waals surface area contributed by atoms with Gasteiger partial charge < -0.3 is 26.3 Å². The fourth-order valence-electron chi connectivity index (χ4n) is 4.46. The third-order valence-corrected chi connectivity index (χ3v) is 6.66. The zero-order valence-electron chi connectivity index (χ0n) is 19.9. The van der Waals surface area contributed by atoms with E-state index in [1.54, 1.807) is 19.1 Å². The number of nitrogens with one attached hydrogen (secondary N) is 1. The third-order valence-electron chi connectivity index (χ3n) is 6.33. The van der Waals surface area contributed by atoms with Crippen molar-refractivity contribution in [1.82, 2.24) is 10.2 Å². The van der Waals surface area contributed by atoms with Gasteiger partial charge in [0, 0.05) is 25.1 Å². The molecule has 2 amide bonds. The van der Waals surface area contributed by atoms with Gasteiger partial charge in [-0.05, 0) is 62.5 Å². The summed E-state index contributed by atoms with van der Waals surface area (Å²) in [6, 6.07) is 9.37. The van der Waals surface area contributed by atoms with Gasteiger partial charge in [-0.15, -0.1) is 0 Å². The van der Waals surface area contributed by atoms with E-state index >= 15 is 0 Å². The molecule has 0 saturated carbocycles. The summed E-state index contributed by atoms with van der Waals surface area (Å²) in [5, 5.41) is 3.27. The normalized spacial score (nSPS) is 16.3. The Kier molecular flexibility index (Phi) is 9.17. The molecule has 8 nitrogen and oxygen atoms in total. The highest BCUT2D eigenvalue weighted by molar-refractivity contribution is 6.33. The number of methoxy groups -OCH3 is 1. The Morgan fingerprint density at radius 2 is 1.89 bits per heavy atom. The van der Waals surface area contributed by atoms with Crippen molar-refractivity contribution in [3.8, 4) is 5.75 Å². The van der Waals surface area contributed by atoms with Gasteiger partial charge >= 0.3 is 6.09 Å². The zero-order valence-corrected chi connectivity index (χ0v) is 20.7. The quantitative estimate of drug-likeness (QED) is 0.440. The third kappa shape index (κ3) is 7.22. The van der Waals surface area contributed by atoms with Crippen LogP contribution in [0.2, 0.25) is 5.02 Å². The van der Waals surface area contributed by atoms with E-state index in [1.165, 1.54) is 31.4 Å². The van der Waals surface area contributed by atoms with Gasteiger partial charge in [-0.1, -0.05) is 23.7 Å². The standard InChI is InChI=1S/C25H32ClFN4O4/c1-15(35-25(29)33)11-22(17-3-5-18(27)6-4-17)31-9-7-16(8-10-31)14-30-24(32)19-12-20(26)21(28)13-23(19)34-2/h3-6,12-13,15-16,22H,7-11,14,28H2,1-2H3,(H2,29,33)(H,30,32). The Balaban J connectivity index is 1.60. The summed E-state index contributed by atoms with van der Waals surface area (Å²) >= 11 is 6.08. The van der Waals surface area contributed by atoms with Gasteiger partial charge in [0.1, 0.15) is 17.7 Å². The number of carbonyl (C=O) groups excluding carboxylic acids is 2. The van der Waals surface area contributed by atoms with Crippen LogP contribution in [0.15, 0.2) is 36.4 Å². The van der Waals surface area contributed by atoms with E-state index < -0.39 is 6.09 Å². The first-order valence-electron chi connectivity index (χ1n) is 11.5. The highest BCUT2D eigenvalue weighted by atomic mass is 35.5. The van der Waals surface area contributed by atoms with Crippen molar-refractivity contribution >= 4 is 29.3 Å². The Labute approximate surface area is 209 Å². The summed E-state index contributed by atoms with van der Waals surface area (Å²) in [4.78, 5) is 26.2. The Bertz CT molecular complexity index is 1030. The Morgan fingerprint density at radius 3 is 2.49 bits per heavy atom. The lowest BCUT2D eigenvalue weighted by atomic mass is 9.92. The molecule has 10 heteroatoms. The van der Waals surface area contributed by atoms with E-state index in [0.717, 1.165) is 31.5 Å². The highest BCUT2D eigenvalue weighted by Gasteiger charge is 2.29. The van der Waals surface area contributed by atoms with E-state index in [2.05, 4.69) is 10.2 Å². The molecule has 5 N–H and O–H groups in total. The number of ether oxygens (including phenoxy) is 2. The van der Waals surface area contributed by atoms with Crippen molar-refractivity contribution in [3.05, 3.63) is 58.4 Å². The number of piperidine rings is 1. The van der Waals surface area contributed by atoms with E-state index in [9.17, 15) is 14.0 Å². The molecule has 1 heterocycles. The minimum atomic E-state index is -0.816. The molecular formula is C25H32ClFN4O4. The summed E-state index contributed by atoms with van der Waals surface area (Å²) in [5.41, 5.74) is 12.6. The van der Waals surface area contributed by atoms with Gasteiger partial charge in [0.15, 0.2) is 0 Å². The smallest absolute Gasteiger partial charge is 0.404 e. The topological polar surface area (TPSA) is 120 Å². The molecule has 190 valence electrons. The van der Waals surface area contributed by atoms with Crippen LogP contribution in [0, 0.1) is 11.7 Å². The molecule has 0 bridgehead atoms. The molecular weight excluding hydrogens is 475 g/mol. The Morgan fingerprint density at radius 1 is 1.23 bits per heavy atom. The molecule has 0 aliphatic carbocycles. The number of hydrogen-bond donors (Lipinski definition) is 3. The number of rotatable bonds is 9. The number of hydrogen-bond acceptors (Lipinski definition) is 6. The first-order chi connectivity index (χ1) is 16.7. The molecule has 0 spiro atoms. The maximum atomic E-state index is 13.5. The van der Waals surface area contributed by atoms with Gasteiger partial charge in [0.25, 0.3) is 5.91 Å². The first kappa shape index (κ1) is 26.6. The summed E-state index contributed by atoms with van der Waals surface area (Å²) in [5.74, 6) is 0.0856. The summed E-state index contributed by atoms with van der Waals surface area (Å²) < 4.78 is 23.9. The lowest BCUT2D eigenvalue weighted by Gasteiger charge is -2.38. The predicted octanol–water partition coefficient (Wildman–Crippen LogP) is 4.13. The second-order valence-electron chi connectivity index (χ2n) is 8.81. The number of likely N-dealkylation sites (tertiary alicyclic amines) is 1. The second-order valence-corrected chi connectivity index (χ2v) is 9.22. The maximum absolute atomic E-state index is 13.5. The van der Waals surface area contributed by atoms with Crippen LogP contribution in [0.4, 0.5) is 14.9 Å². The van der Waals surface area contributed by atoms with E-state index in [1.807, 2.05) is 0 Å². The van der Waals surface area contributed by atoms with Crippen LogP contribution < -0.4 is 21.5 Å². The van der Waals surface area contributed by atoms with Crippen LogP contribution in [0.3, 0.4) is 0 Å². The minimum absolute atomic E-state index is 0.0540. The van der Waals surface area contributed by atoms with Crippen LogP contribution >= 0.6 is 11.6 Å². The van der Waals surface area contributed by atoms with E-state index in [0.29, 0.717) is 40.9 Å².